The molecule has 1 unspecified atom stereocenters. The van der Waals surface area contributed by atoms with Crippen molar-refractivity contribution < 1.29 is 14.3 Å². The quantitative estimate of drug-likeness (QED) is 0.828. The Morgan fingerprint density at radius 2 is 1.81 bits per heavy atom. The van der Waals surface area contributed by atoms with Gasteiger partial charge in [-0.05, 0) is 49.1 Å². The zero-order chi connectivity index (χ0) is 19.8. The summed E-state index contributed by atoms with van der Waals surface area (Å²) in [7, 11) is 1.64. The van der Waals surface area contributed by atoms with Gasteiger partial charge in [-0.1, -0.05) is 32.9 Å². The molecule has 1 heterocycles. The van der Waals surface area contributed by atoms with Gasteiger partial charge in [0.25, 0.3) is 5.91 Å². The molecule has 1 N–H and O–H groups in total. The fourth-order valence-corrected chi connectivity index (χ4v) is 3.45. The van der Waals surface area contributed by atoms with E-state index in [0.29, 0.717) is 12.0 Å². The zero-order valence-electron chi connectivity index (χ0n) is 17.1. The predicted molar refractivity (Wildman–Crippen MR) is 108 cm³/mol. The molecule has 2 aromatic rings. The van der Waals surface area contributed by atoms with E-state index in [1.807, 2.05) is 56.3 Å². The van der Waals surface area contributed by atoms with Crippen molar-refractivity contribution in [3.8, 4) is 11.5 Å². The molecule has 4 heteroatoms. The lowest BCUT2D eigenvalue weighted by atomic mass is 9.86. The molecule has 1 aliphatic heterocycles. The average molecular weight is 367 g/mol. The number of ether oxygens (including phenoxy) is 2. The molecule has 0 aliphatic carbocycles. The highest BCUT2D eigenvalue weighted by Crippen LogP contribution is 2.41. The standard InChI is InChI=1S/C23H29NO3/c1-22(2,3)16-9-7-15(8-10-16)21(25)24-19-14-23(4,5)27-20-13-17(26-6)11-12-18(19)20/h7-13,19H,14H2,1-6H3,(H,24,25). The van der Waals surface area contributed by atoms with Crippen molar-refractivity contribution >= 4 is 5.91 Å². The first-order valence-electron chi connectivity index (χ1n) is 9.37. The smallest absolute Gasteiger partial charge is 0.251 e. The number of nitrogens with one attached hydrogen (secondary N) is 1. The van der Waals surface area contributed by atoms with Crippen LogP contribution in [0.15, 0.2) is 42.5 Å². The molecule has 0 aromatic heterocycles. The van der Waals surface area contributed by atoms with Crippen LogP contribution in [0.2, 0.25) is 0 Å². The second-order valence-corrected chi connectivity index (χ2v) is 8.82. The summed E-state index contributed by atoms with van der Waals surface area (Å²) in [6.45, 7) is 10.6. The summed E-state index contributed by atoms with van der Waals surface area (Å²) in [4.78, 5) is 12.8. The van der Waals surface area contributed by atoms with E-state index in [1.165, 1.54) is 5.56 Å². The van der Waals surface area contributed by atoms with Crippen LogP contribution in [0.4, 0.5) is 0 Å². The van der Waals surface area contributed by atoms with Gasteiger partial charge >= 0.3 is 0 Å². The Morgan fingerprint density at radius 1 is 1.15 bits per heavy atom. The maximum absolute atomic E-state index is 12.8. The van der Waals surface area contributed by atoms with Crippen molar-refractivity contribution in [2.75, 3.05) is 7.11 Å². The van der Waals surface area contributed by atoms with Crippen LogP contribution in [0.3, 0.4) is 0 Å². The third-order valence-electron chi connectivity index (χ3n) is 5.00. The number of hydrogen-bond acceptors (Lipinski definition) is 3. The van der Waals surface area contributed by atoms with Crippen LogP contribution >= 0.6 is 0 Å². The van der Waals surface area contributed by atoms with Crippen molar-refractivity contribution in [3.63, 3.8) is 0 Å². The van der Waals surface area contributed by atoms with Gasteiger partial charge < -0.3 is 14.8 Å². The molecule has 0 bridgehead atoms. The van der Waals surface area contributed by atoms with E-state index in [4.69, 9.17) is 9.47 Å². The molecule has 0 radical (unpaired) electrons. The average Bonchev–Trinajstić information content (AvgIpc) is 2.59. The minimum absolute atomic E-state index is 0.0672. The molecule has 1 aliphatic rings. The highest BCUT2D eigenvalue weighted by atomic mass is 16.5. The lowest BCUT2D eigenvalue weighted by Gasteiger charge is -2.38. The van der Waals surface area contributed by atoms with Gasteiger partial charge in [0.2, 0.25) is 0 Å². The molecule has 144 valence electrons. The first-order valence-corrected chi connectivity index (χ1v) is 9.37. The highest BCUT2D eigenvalue weighted by Gasteiger charge is 2.35. The van der Waals surface area contributed by atoms with Crippen LogP contribution in [0.1, 0.15) is 68.6 Å². The van der Waals surface area contributed by atoms with Crippen molar-refractivity contribution in [1.82, 2.24) is 5.32 Å². The first-order chi connectivity index (χ1) is 12.6. The van der Waals surface area contributed by atoms with Crippen LogP contribution < -0.4 is 14.8 Å². The van der Waals surface area contributed by atoms with Crippen molar-refractivity contribution in [1.29, 1.82) is 0 Å². The van der Waals surface area contributed by atoms with E-state index in [1.54, 1.807) is 7.11 Å². The Bertz CT molecular complexity index is 832. The summed E-state index contributed by atoms with van der Waals surface area (Å²) in [5, 5.41) is 3.18. The summed E-state index contributed by atoms with van der Waals surface area (Å²) in [6, 6.07) is 13.5. The largest absolute Gasteiger partial charge is 0.497 e. The molecule has 2 aromatic carbocycles. The molecule has 27 heavy (non-hydrogen) atoms. The minimum Gasteiger partial charge on any atom is -0.497 e. The van der Waals surface area contributed by atoms with Gasteiger partial charge in [0.1, 0.15) is 17.1 Å². The van der Waals surface area contributed by atoms with E-state index in [9.17, 15) is 4.79 Å². The van der Waals surface area contributed by atoms with E-state index in [0.717, 1.165) is 17.1 Å². The molecule has 3 rings (SSSR count). The maximum Gasteiger partial charge on any atom is 0.251 e. The maximum atomic E-state index is 12.8. The molecule has 4 nitrogen and oxygen atoms in total. The molecule has 0 saturated heterocycles. The highest BCUT2D eigenvalue weighted by molar-refractivity contribution is 5.94. The molecule has 0 fully saturated rings. The van der Waals surface area contributed by atoms with Gasteiger partial charge in [0, 0.05) is 23.6 Å². The van der Waals surface area contributed by atoms with Crippen molar-refractivity contribution in [2.45, 2.75) is 58.1 Å². The Hall–Kier alpha value is -2.49. The zero-order valence-corrected chi connectivity index (χ0v) is 17.1. The Kier molecular flexibility index (Phi) is 4.94. The lowest BCUT2D eigenvalue weighted by Crippen LogP contribution is -2.41. The number of carbonyl (C=O) groups excluding carboxylic acids is 1. The normalized spacial score (nSPS) is 18.2. The van der Waals surface area contributed by atoms with Gasteiger partial charge in [-0.3, -0.25) is 4.79 Å². The van der Waals surface area contributed by atoms with Crippen LogP contribution in [0.5, 0.6) is 11.5 Å². The predicted octanol–water partition coefficient (Wildman–Crippen LogP) is 5.02. The van der Waals surface area contributed by atoms with Gasteiger partial charge in [0.05, 0.1) is 13.2 Å². The SMILES string of the molecule is COc1ccc2c(c1)OC(C)(C)CC2NC(=O)c1ccc(C(C)(C)C)cc1. The molecular weight excluding hydrogens is 338 g/mol. The van der Waals surface area contributed by atoms with Crippen LogP contribution in [0, 0.1) is 0 Å². The first kappa shape index (κ1) is 19.3. The molecular formula is C23H29NO3. The molecule has 1 amide bonds. The molecule has 0 spiro atoms. The number of carbonyl (C=O) groups is 1. The Labute approximate surface area is 161 Å². The summed E-state index contributed by atoms with van der Waals surface area (Å²) in [5.41, 5.74) is 2.56. The van der Waals surface area contributed by atoms with Gasteiger partial charge in [-0.2, -0.15) is 0 Å². The minimum atomic E-state index is -0.368. The lowest BCUT2D eigenvalue weighted by molar-refractivity contribution is 0.0617. The van der Waals surface area contributed by atoms with Gasteiger partial charge in [-0.25, -0.2) is 0 Å². The fourth-order valence-electron chi connectivity index (χ4n) is 3.45. The summed E-state index contributed by atoms with van der Waals surface area (Å²) < 4.78 is 11.4. The second-order valence-electron chi connectivity index (χ2n) is 8.82. The number of methoxy groups -OCH3 is 1. The van der Waals surface area contributed by atoms with E-state index >= 15 is 0 Å². The number of fused-ring (bicyclic) bond motifs is 1. The Morgan fingerprint density at radius 3 is 2.41 bits per heavy atom. The molecule has 1 atom stereocenters. The fraction of sp³-hybridized carbons (Fsp3) is 0.435. The summed E-state index contributed by atoms with van der Waals surface area (Å²) in [6.07, 6.45) is 0.706. The third-order valence-corrected chi connectivity index (χ3v) is 5.00. The van der Waals surface area contributed by atoms with Gasteiger partial charge in [0.15, 0.2) is 0 Å². The number of rotatable bonds is 3. The van der Waals surface area contributed by atoms with Crippen LogP contribution in [0.25, 0.3) is 0 Å². The number of amides is 1. The molecule has 0 saturated carbocycles. The van der Waals surface area contributed by atoms with Crippen molar-refractivity contribution in [3.05, 3.63) is 59.2 Å². The van der Waals surface area contributed by atoms with E-state index in [-0.39, 0.29) is 23.0 Å². The topological polar surface area (TPSA) is 47.6 Å². The monoisotopic (exact) mass is 367 g/mol. The van der Waals surface area contributed by atoms with Crippen LogP contribution in [-0.2, 0) is 5.41 Å². The number of hydrogen-bond donors (Lipinski definition) is 1. The van der Waals surface area contributed by atoms with Crippen LogP contribution in [-0.4, -0.2) is 18.6 Å². The van der Waals surface area contributed by atoms with E-state index in [2.05, 4.69) is 26.1 Å². The van der Waals surface area contributed by atoms with E-state index < -0.39 is 0 Å². The summed E-state index contributed by atoms with van der Waals surface area (Å²) >= 11 is 0. The summed E-state index contributed by atoms with van der Waals surface area (Å²) in [5.74, 6) is 1.44. The number of benzene rings is 2. The van der Waals surface area contributed by atoms with Gasteiger partial charge in [-0.15, -0.1) is 0 Å². The third kappa shape index (κ3) is 4.26. The van der Waals surface area contributed by atoms with Crippen molar-refractivity contribution in [2.24, 2.45) is 0 Å². The Balaban J connectivity index is 1.83. The second kappa shape index (κ2) is 6.91.